The van der Waals surface area contributed by atoms with Crippen LogP contribution in [-0.2, 0) is 9.59 Å². The molecule has 2 aromatic carbocycles. The summed E-state index contributed by atoms with van der Waals surface area (Å²) in [5.74, 6) is -2.34. The lowest BCUT2D eigenvalue weighted by Crippen LogP contribution is -2.24. The number of Topliss-reactive ketones (excluding diaryl/α,β-unsaturated/α-hetero) is 2. The summed E-state index contributed by atoms with van der Waals surface area (Å²) in [5.41, 5.74) is 1.40. The normalized spacial score (nSPS) is 14.4. The maximum atomic E-state index is 11.4. The van der Waals surface area contributed by atoms with Gasteiger partial charge < -0.3 is 10.2 Å². The molecule has 130 valence electrons. The first kappa shape index (κ1) is 17.0. The topological polar surface area (TPSA) is 127 Å². The van der Waals surface area contributed by atoms with E-state index in [1.54, 1.807) is 24.3 Å². The zero-order valence-electron chi connectivity index (χ0n) is 13.4. The van der Waals surface area contributed by atoms with Gasteiger partial charge in [-0.15, -0.1) is 0 Å². The lowest BCUT2D eigenvalue weighted by molar-refractivity contribution is -0.384. The van der Waals surface area contributed by atoms with Crippen LogP contribution >= 0.6 is 0 Å². The van der Waals surface area contributed by atoms with Gasteiger partial charge in [0, 0.05) is 19.2 Å². The third-order valence-corrected chi connectivity index (χ3v) is 3.92. The molecule has 0 unspecified atom stereocenters. The van der Waals surface area contributed by atoms with Gasteiger partial charge in [0.05, 0.1) is 27.4 Å². The monoisotopic (exact) mass is 353 g/mol. The fraction of sp³-hybridized carbons (Fsp3) is 0.0588. The highest BCUT2D eigenvalue weighted by Gasteiger charge is 2.34. The Morgan fingerprint density at radius 1 is 0.962 bits per heavy atom. The number of anilines is 2. The van der Waals surface area contributed by atoms with Crippen LogP contribution in [-0.4, -0.2) is 35.4 Å². The SMILES string of the molecule is CN1C(=O)C(=O)c2cc([N+](=O)[O-])ccc21.O=C1Nc2ccccc2C1=O. The van der Waals surface area contributed by atoms with Crippen LogP contribution in [0.25, 0.3) is 0 Å². The number of hydrogen-bond donors (Lipinski definition) is 1. The van der Waals surface area contributed by atoms with E-state index in [1.165, 1.54) is 24.1 Å². The summed E-state index contributed by atoms with van der Waals surface area (Å²) in [4.78, 5) is 55.4. The first-order valence-electron chi connectivity index (χ1n) is 7.37. The number of nitro groups is 1. The van der Waals surface area contributed by atoms with Crippen LogP contribution in [0.2, 0.25) is 0 Å². The van der Waals surface area contributed by atoms with E-state index in [0.29, 0.717) is 16.9 Å². The highest BCUT2D eigenvalue weighted by molar-refractivity contribution is 6.52. The number of carbonyl (C=O) groups excluding carboxylic acids is 4. The highest BCUT2D eigenvalue weighted by Crippen LogP contribution is 2.30. The van der Waals surface area contributed by atoms with Crippen LogP contribution in [0.3, 0.4) is 0 Å². The van der Waals surface area contributed by atoms with Crippen LogP contribution in [0.1, 0.15) is 20.7 Å². The first-order chi connectivity index (χ1) is 12.3. The Bertz CT molecular complexity index is 998. The quantitative estimate of drug-likeness (QED) is 0.471. The van der Waals surface area contributed by atoms with Gasteiger partial charge in [0.1, 0.15) is 0 Å². The van der Waals surface area contributed by atoms with Gasteiger partial charge >= 0.3 is 0 Å². The van der Waals surface area contributed by atoms with E-state index >= 15 is 0 Å². The second kappa shape index (κ2) is 6.20. The second-order valence-corrected chi connectivity index (χ2v) is 5.48. The maximum Gasteiger partial charge on any atom is 0.299 e. The number of likely N-dealkylation sites (N-methyl/N-ethyl adjacent to an activating group) is 1. The van der Waals surface area contributed by atoms with Gasteiger partial charge in [-0.25, -0.2) is 0 Å². The molecule has 0 saturated heterocycles. The highest BCUT2D eigenvalue weighted by atomic mass is 16.6. The Morgan fingerprint density at radius 3 is 2.31 bits per heavy atom. The summed E-state index contributed by atoms with van der Waals surface area (Å²) in [6, 6.07) is 10.6. The van der Waals surface area contributed by atoms with Crippen molar-refractivity contribution in [1.82, 2.24) is 0 Å². The molecule has 9 heteroatoms. The van der Waals surface area contributed by atoms with Crippen molar-refractivity contribution in [3.05, 3.63) is 63.7 Å². The van der Waals surface area contributed by atoms with Gasteiger partial charge in [-0.05, 0) is 18.2 Å². The minimum absolute atomic E-state index is 0.0942. The summed E-state index contributed by atoms with van der Waals surface area (Å²) < 4.78 is 0. The lowest BCUT2D eigenvalue weighted by Gasteiger charge is -2.07. The molecule has 4 rings (SSSR count). The number of ketones is 2. The van der Waals surface area contributed by atoms with Gasteiger partial charge in [-0.3, -0.25) is 29.3 Å². The van der Waals surface area contributed by atoms with Gasteiger partial charge in [-0.2, -0.15) is 0 Å². The molecule has 0 bridgehead atoms. The van der Waals surface area contributed by atoms with E-state index in [1.807, 2.05) is 0 Å². The molecule has 26 heavy (non-hydrogen) atoms. The van der Waals surface area contributed by atoms with E-state index in [0.717, 1.165) is 6.07 Å². The molecule has 2 heterocycles. The molecule has 9 nitrogen and oxygen atoms in total. The number of benzene rings is 2. The van der Waals surface area contributed by atoms with Crippen LogP contribution in [0.15, 0.2) is 42.5 Å². The number of nitro benzene ring substituents is 1. The minimum atomic E-state index is -0.698. The Balaban J connectivity index is 0.000000158. The van der Waals surface area contributed by atoms with Crippen molar-refractivity contribution in [2.24, 2.45) is 0 Å². The lowest BCUT2D eigenvalue weighted by atomic mass is 10.1. The summed E-state index contributed by atoms with van der Waals surface area (Å²) in [6.45, 7) is 0. The Kier molecular flexibility index (Phi) is 4.05. The number of non-ortho nitro benzene ring substituents is 1. The zero-order valence-corrected chi connectivity index (χ0v) is 13.4. The van der Waals surface area contributed by atoms with Gasteiger partial charge in [0.2, 0.25) is 0 Å². The van der Waals surface area contributed by atoms with Crippen molar-refractivity contribution in [2.45, 2.75) is 0 Å². The molecule has 2 amide bonds. The molecule has 2 aromatic rings. The first-order valence-corrected chi connectivity index (χ1v) is 7.37. The fourth-order valence-electron chi connectivity index (χ4n) is 2.58. The van der Waals surface area contributed by atoms with Crippen LogP contribution in [0.4, 0.5) is 17.1 Å². The molecule has 0 atom stereocenters. The molecular weight excluding hydrogens is 342 g/mol. The molecule has 0 aliphatic carbocycles. The molecule has 2 aliphatic heterocycles. The number of carbonyl (C=O) groups is 4. The predicted octanol–water partition coefficient (Wildman–Crippen LogP) is 1.58. The number of para-hydroxylation sites is 1. The van der Waals surface area contributed by atoms with Crippen LogP contribution in [0.5, 0.6) is 0 Å². The van der Waals surface area contributed by atoms with E-state index in [9.17, 15) is 29.3 Å². The number of rotatable bonds is 1. The largest absolute Gasteiger partial charge is 0.318 e. The standard InChI is InChI=1S/C9H6N2O4.C8H5NO2/c1-10-7-3-2-5(11(14)15)4-6(7)8(12)9(10)13;10-7-5-3-1-2-4-6(5)9-8(7)11/h2-4H,1H3;1-4H,(H,9,10,11). The summed E-state index contributed by atoms with van der Waals surface area (Å²) >= 11 is 0. The smallest absolute Gasteiger partial charge is 0.299 e. The fourth-order valence-corrected chi connectivity index (χ4v) is 2.58. The molecule has 0 radical (unpaired) electrons. The van der Waals surface area contributed by atoms with Gasteiger partial charge in [0.15, 0.2) is 0 Å². The Morgan fingerprint density at radius 2 is 1.65 bits per heavy atom. The van der Waals surface area contributed by atoms with E-state index in [4.69, 9.17) is 0 Å². The molecule has 2 aliphatic rings. The average molecular weight is 353 g/mol. The third kappa shape index (κ3) is 2.71. The Labute approximate surface area is 146 Å². The molecular formula is C17H11N3O6. The summed E-state index contributed by atoms with van der Waals surface area (Å²) in [7, 11) is 1.46. The molecule has 0 aromatic heterocycles. The molecule has 0 saturated carbocycles. The van der Waals surface area contributed by atoms with Gasteiger partial charge in [0.25, 0.3) is 29.1 Å². The van der Waals surface area contributed by atoms with Crippen molar-refractivity contribution in [1.29, 1.82) is 0 Å². The number of fused-ring (bicyclic) bond motifs is 2. The number of hydrogen-bond acceptors (Lipinski definition) is 6. The predicted molar refractivity (Wildman–Crippen MR) is 90.2 cm³/mol. The van der Waals surface area contributed by atoms with Crippen molar-refractivity contribution in [2.75, 3.05) is 17.3 Å². The Hall–Kier alpha value is -3.88. The van der Waals surface area contributed by atoms with E-state index in [2.05, 4.69) is 5.32 Å². The number of nitrogens with one attached hydrogen (secondary N) is 1. The zero-order chi connectivity index (χ0) is 19.0. The van der Waals surface area contributed by atoms with E-state index in [-0.39, 0.29) is 11.3 Å². The van der Waals surface area contributed by atoms with Crippen LogP contribution in [0, 0.1) is 10.1 Å². The number of nitrogens with zero attached hydrogens (tertiary/aromatic N) is 2. The van der Waals surface area contributed by atoms with Gasteiger partial charge in [-0.1, -0.05) is 12.1 Å². The molecule has 1 N–H and O–H groups in total. The third-order valence-electron chi connectivity index (χ3n) is 3.92. The molecule has 0 fully saturated rings. The van der Waals surface area contributed by atoms with E-state index < -0.39 is 28.3 Å². The molecule has 0 spiro atoms. The van der Waals surface area contributed by atoms with Crippen LogP contribution < -0.4 is 10.2 Å². The average Bonchev–Trinajstić information content (AvgIpc) is 3.04. The second-order valence-electron chi connectivity index (χ2n) is 5.48. The number of amides is 2. The minimum Gasteiger partial charge on any atom is -0.318 e. The maximum absolute atomic E-state index is 11.4. The van der Waals surface area contributed by atoms with Crippen molar-refractivity contribution in [3.8, 4) is 0 Å². The van der Waals surface area contributed by atoms with Crippen molar-refractivity contribution >= 4 is 40.4 Å². The summed E-state index contributed by atoms with van der Waals surface area (Å²) in [5, 5.41) is 12.9. The van der Waals surface area contributed by atoms with Crippen molar-refractivity contribution in [3.63, 3.8) is 0 Å². The summed E-state index contributed by atoms with van der Waals surface area (Å²) in [6.07, 6.45) is 0. The van der Waals surface area contributed by atoms with Crippen molar-refractivity contribution < 1.29 is 24.1 Å².